The van der Waals surface area contributed by atoms with Gasteiger partial charge in [-0.25, -0.2) is 0 Å². The van der Waals surface area contributed by atoms with Crippen LogP contribution >= 0.6 is 24.0 Å². The van der Waals surface area contributed by atoms with Gasteiger partial charge in [0.25, 0.3) is 0 Å². The maximum atomic E-state index is 12.0. The third kappa shape index (κ3) is 5.73. The van der Waals surface area contributed by atoms with Gasteiger partial charge in [0, 0.05) is 11.4 Å². The highest BCUT2D eigenvalue weighted by Gasteiger charge is 2.15. The SMILES string of the molecule is COc1ccc(Cl)cc1NC(=O)CCC1CCNCC1.Cl. The quantitative estimate of drug-likeness (QED) is 0.867. The number of piperidine rings is 1. The zero-order valence-electron chi connectivity index (χ0n) is 12.2. The highest BCUT2D eigenvalue weighted by Crippen LogP contribution is 2.28. The van der Waals surface area contributed by atoms with E-state index in [2.05, 4.69) is 10.6 Å². The second-order valence-corrected chi connectivity index (χ2v) is 5.56. The molecule has 118 valence electrons. The molecule has 1 aliphatic rings. The van der Waals surface area contributed by atoms with Crippen LogP contribution in [-0.2, 0) is 4.79 Å². The highest BCUT2D eigenvalue weighted by molar-refractivity contribution is 6.31. The Morgan fingerprint density at radius 3 is 2.81 bits per heavy atom. The molecule has 0 atom stereocenters. The summed E-state index contributed by atoms with van der Waals surface area (Å²) in [4.78, 5) is 12.0. The topological polar surface area (TPSA) is 50.4 Å². The van der Waals surface area contributed by atoms with Gasteiger partial charge in [-0.3, -0.25) is 4.79 Å². The molecule has 1 amide bonds. The van der Waals surface area contributed by atoms with E-state index in [1.165, 1.54) is 0 Å². The Bertz CT molecular complexity index is 463. The van der Waals surface area contributed by atoms with Gasteiger partial charge in [-0.1, -0.05) is 11.6 Å². The molecule has 1 aliphatic heterocycles. The number of nitrogens with one attached hydrogen (secondary N) is 2. The van der Waals surface area contributed by atoms with Crippen LogP contribution in [-0.4, -0.2) is 26.1 Å². The van der Waals surface area contributed by atoms with E-state index in [4.69, 9.17) is 16.3 Å². The summed E-state index contributed by atoms with van der Waals surface area (Å²) in [5.41, 5.74) is 0.635. The fourth-order valence-electron chi connectivity index (χ4n) is 2.50. The lowest BCUT2D eigenvalue weighted by atomic mass is 9.93. The largest absolute Gasteiger partial charge is 0.495 e. The van der Waals surface area contributed by atoms with E-state index in [1.807, 2.05) is 0 Å². The second-order valence-electron chi connectivity index (χ2n) is 5.12. The summed E-state index contributed by atoms with van der Waals surface area (Å²) in [5.74, 6) is 1.30. The van der Waals surface area contributed by atoms with Crippen LogP contribution < -0.4 is 15.4 Å². The summed E-state index contributed by atoms with van der Waals surface area (Å²) in [5, 5.41) is 6.79. The van der Waals surface area contributed by atoms with Crippen LogP contribution in [0.25, 0.3) is 0 Å². The first kappa shape index (κ1) is 18.1. The van der Waals surface area contributed by atoms with Crippen molar-refractivity contribution in [3.63, 3.8) is 0 Å². The molecule has 0 aromatic heterocycles. The molecular formula is C15H22Cl2N2O2. The minimum atomic E-state index is 0. The number of halogens is 2. The van der Waals surface area contributed by atoms with Crippen molar-refractivity contribution in [3.05, 3.63) is 23.2 Å². The minimum Gasteiger partial charge on any atom is -0.495 e. The van der Waals surface area contributed by atoms with Gasteiger partial charge < -0.3 is 15.4 Å². The molecule has 1 heterocycles. The molecule has 21 heavy (non-hydrogen) atoms. The first-order valence-corrected chi connectivity index (χ1v) is 7.41. The van der Waals surface area contributed by atoms with E-state index < -0.39 is 0 Å². The van der Waals surface area contributed by atoms with E-state index in [0.29, 0.717) is 28.8 Å². The van der Waals surface area contributed by atoms with E-state index in [-0.39, 0.29) is 18.3 Å². The van der Waals surface area contributed by atoms with E-state index in [9.17, 15) is 4.79 Å². The number of anilines is 1. The molecule has 1 aromatic carbocycles. The number of amides is 1. The molecule has 0 spiro atoms. The zero-order chi connectivity index (χ0) is 14.4. The number of rotatable bonds is 5. The minimum absolute atomic E-state index is 0. The highest BCUT2D eigenvalue weighted by atomic mass is 35.5. The monoisotopic (exact) mass is 332 g/mol. The van der Waals surface area contributed by atoms with E-state index in [1.54, 1.807) is 25.3 Å². The summed E-state index contributed by atoms with van der Waals surface area (Å²) in [6, 6.07) is 5.21. The molecule has 6 heteroatoms. The van der Waals surface area contributed by atoms with Gasteiger partial charge in [-0.15, -0.1) is 12.4 Å². The third-order valence-electron chi connectivity index (χ3n) is 3.67. The predicted molar refractivity (Wildman–Crippen MR) is 88.7 cm³/mol. The van der Waals surface area contributed by atoms with Crippen LogP contribution in [0.1, 0.15) is 25.7 Å². The van der Waals surface area contributed by atoms with Gasteiger partial charge >= 0.3 is 0 Å². The van der Waals surface area contributed by atoms with Gasteiger partial charge in [0.1, 0.15) is 5.75 Å². The van der Waals surface area contributed by atoms with Crippen molar-refractivity contribution in [3.8, 4) is 5.75 Å². The lowest BCUT2D eigenvalue weighted by molar-refractivity contribution is -0.116. The molecule has 1 fully saturated rings. The molecule has 0 aliphatic carbocycles. The summed E-state index contributed by atoms with van der Waals surface area (Å²) >= 11 is 5.94. The number of hydrogen-bond acceptors (Lipinski definition) is 3. The van der Waals surface area contributed by atoms with Crippen molar-refractivity contribution in [2.24, 2.45) is 5.92 Å². The van der Waals surface area contributed by atoms with Crippen LogP contribution in [0.15, 0.2) is 18.2 Å². The van der Waals surface area contributed by atoms with Crippen molar-refractivity contribution in [1.29, 1.82) is 0 Å². The summed E-state index contributed by atoms with van der Waals surface area (Å²) < 4.78 is 5.21. The van der Waals surface area contributed by atoms with Crippen LogP contribution in [0.2, 0.25) is 5.02 Å². The summed E-state index contributed by atoms with van der Waals surface area (Å²) in [6.07, 6.45) is 3.80. The van der Waals surface area contributed by atoms with Crippen LogP contribution in [0, 0.1) is 5.92 Å². The Labute approximate surface area is 137 Å². The average molecular weight is 333 g/mol. The molecule has 2 rings (SSSR count). The lowest BCUT2D eigenvalue weighted by Crippen LogP contribution is -2.28. The molecule has 0 radical (unpaired) electrons. The summed E-state index contributed by atoms with van der Waals surface area (Å²) in [6.45, 7) is 2.13. The molecule has 0 unspecified atom stereocenters. The van der Waals surface area contributed by atoms with E-state index >= 15 is 0 Å². The second kappa shape index (κ2) is 9.13. The fraction of sp³-hybridized carbons (Fsp3) is 0.533. The maximum absolute atomic E-state index is 12.0. The molecule has 2 N–H and O–H groups in total. The Hall–Kier alpha value is -0.970. The molecular weight excluding hydrogens is 311 g/mol. The lowest BCUT2D eigenvalue weighted by Gasteiger charge is -2.22. The van der Waals surface area contributed by atoms with Crippen LogP contribution in [0.3, 0.4) is 0 Å². The van der Waals surface area contributed by atoms with Crippen molar-refractivity contribution in [2.45, 2.75) is 25.7 Å². The number of benzene rings is 1. The number of ether oxygens (including phenoxy) is 1. The van der Waals surface area contributed by atoms with E-state index in [0.717, 1.165) is 32.4 Å². The normalized spacial score (nSPS) is 15.1. The number of methoxy groups -OCH3 is 1. The molecule has 1 aromatic rings. The first-order valence-electron chi connectivity index (χ1n) is 7.03. The van der Waals surface area contributed by atoms with Gasteiger partial charge in [-0.2, -0.15) is 0 Å². The Balaban J connectivity index is 0.00000220. The van der Waals surface area contributed by atoms with Crippen molar-refractivity contribution < 1.29 is 9.53 Å². The van der Waals surface area contributed by atoms with Crippen molar-refractivity contribution in [1.82, 2.24) is 5.32 Å². The molecule has 0 bridgehead atoms. The van der Waals surface area contributed by atoms with Gasteiger partial charge in [0.15, 0.2) is 0 Å². The van der Waals surface area contributed by atoms with Crippen molar-refractivity contribution in [2.75, 3.05) is 25.5 Å². The third-order valence-corrected chi connectivity index (χ3v) is 3.91. The van der Waals surface area contributed by atoms with Gasteiger partial charge in [-0.05, 0) is 56.5 Å². The number of carbonyl (C=O) groups excluding carboxylic acids is 1. The number of carbonyl (C=O) groups is 1. The Morgan fingerprint density at radius 2 is 2.14 bits per heavy atom. The Kier molecular flexibility index (Phi) is 7.86. The smallest absolute Gasteiger partial charge is 0.224 e. The maximum Gasteiger partial charge on any atom is 0.224 e. The fourth-order valence-corrected chi connectivity index (χ4v) is 2.67. The van der Waals surface area contributed by atoms with Crippen LogP contribution in [0.4, 0.5) is 5.69 Å². The first-order chi connectivity index (χ1) is 9.69. The average Bonchev–Trinajstić information content (AvgIpc) is 2.46. The van der Waals surface area contributed by atoms with Gasteiger partial charge in [0.2, 0.25) is 5.91 Å². The molecule has 0 saturated carbocycles. The zero-order valence-corrected chi connectivity index (χ0v) is 13.7. The van der Waals surface area contributed by atoms with Gasteiger partial charge in [0.05, 0.1) is 12.8 Å². The standard InChI is InChI=1S/C15H21ClN2O2.ClH/c1-20-14-4-3-12(16)10-13(14)18-15(19)5-2-11-6-8-17-9-7-11;/h3-4,10-11,17H,2,5-9H2,1H3,(H,18,19);1H. The predicted octanol–water partition coefficient (Wildman–Crippen LogP) is 3.49. The van der Waals surface area contributed by atoms with Crippen LogP contribution in [0.5, 0.6) is 5.75 Å². The Morgan fingerprint density at radius 1 is 1.43 bits per heavy atom. The summed E-state index contributed by atoms with van der Waals surface area (Å²) in [7, 11) is 1.58. The van der Waals surface area contributed by atoms with Crippen molar-refractivity contribution >= 4 is 35.6 Å². The number of hydrogen-bond donors (Lipinski definition) is 2. The molecule has 4 nitrogen and oxygen atoms in total. The molecule has 1 saturated heterocycles.